The lowest BCUT2D eigenvalue weighted by Crippen LogP contribution is -2.46. The van der Waals surface area contributed by atoms with Gasteiger partial charge in [0.1, 0.15) is 0 Å². The van der Waals surface area contributed by atoms with Gasteiger partial charge < -0.3 is 10.2 Å². The van der Waals surface area contributed by atoms with Gasteiger partial charge in [-0.15, -0.1) is 0 Å². The molecule has 1 heterocycles. The normalized spacial score (nSPS) is 31.5. The molecule has 0 saturated carbocycles. The Morgan fingerprint density at radius 2 is 2.18 bits per heavy atom. The molecule has 4 heteroatoms. The molecule has 3 nitrogen and oxygen atoms in total. The lowest BCUT2D eigenvalue weighted by molar-refractivity contribution is 0.153. The summed E-state index contributed by atoms with van der Waals surface area (Å²) < 4.78 is 11.2. The van der Waals surface area contributed by atoms with Gasteiger partial charge in [-0.3, -0.25) is 4.21 Å². The second-order valence-corrected chi connectivity index (χ2v) is 7.17. The summed E-state index contributed by atoms with van der Waals surface area (Å²) in [6.07, 6.45) is 4.07. The zero-order chi connectivity index (χ0) is 12.8. The molecule has 0 aromatic rings. The fraction of sp³-hybridized carbons (Fsp3) is 1.00. The molecule has 1 aliphatic heterocycles. The van der Waals surface area contributed by atoms with Crippen LogP contribution in [0.1, 0.15) is 33.6 Å². The molecule has 1 saturated heterocycles. The molecule has 0 bridgehead atoms. The van der Waals surface area contributed by atoms with E-state index in [-0.39, 0.29) is 0 Å². The Labute approximate surface area is 109 Å². The minimum Gasteiger partial charge on any atom is -0.314 e. The predicted octanol–water partition coefficient (Wildman–Crippen LogP) is 1.46. The van der Waals surface area contributed by atoms with Crippen LogP contribution in [0.4, 0.5) is 0 Å². The van der Waals surface area contributed by atoms with E-state index in [9.17, 15) is 4.21 Å². The number of hydrogen-bond donors (Lipinski definition) is 1. The molecule has 0 spiro atoms. The van der Waals surface area contributed by atoms with Gasteiger partial charge in [0.2, 0.25) is 0 Å². The Morgan fingerprint density at radius 3 is 2.82 bits per heavy atom. The molecule has 17 heavy (non-hydrogen) atoms. The number of hydrogen-bond acceptors (Lipinski definition) is 3. The largest absolute Gasteiger partial charge is 0.314 e. The molecule has 0 aromatic carbocycles. The minimum absolute atomic E-state index is 0.562. The van der Waals surface area contributed by atoms with Crippen LogP contribution < -0.4 is 5.32 Å². The molecule has 1 N–H and O–H groups in total. The van der Waals surface area contributed by atoms with Gasteiger partial charge in [-0.25, -0.2) is 0 Å². The van der Waals surface area contributed by atoms with Crippen LogP contribution >= 0.6 is 0 Å². The van der Waals surface area contributed by atoms with Crippen molar-refractivity contribution >= 4 is 10.8 Å². The smallest absolute Gasteiger partial charge is 0.0246 e. The van der Waals surface area contributed by atoms with Crippen LogP contribution in [0.5, 0.6) is 0 Å². The van der Waals surface area contributed by atoms with Crippen LogP contribution in [0.2, 0.25) is 0 Å². The van der Waals surface area contributed by atoms with E-state index in [1.165, 1.54) is 6.42 Å². The van der Waals surface area contributed by atoms with Crippen LogP contribution in [-0.4, -0.2) is 52.8 Å². The monoisotopic (exact) mass is 260 g/mol. The van der Waals surface area contributed by atoms with Crippen molar-refractivity contribution in [3.05, 3.63) is 0 Å². The van der Waals surface area contributed by atoms with Crippen molar-refractivity contribution in [3.8, 4) is 0 Å². The summed E-state index contributed by atoms with van der Waals surface area (Å²) in [6, 6.07) is 1.18. The van der Waals surface area contributed by atoms with E-state index >= 15 is 0 Å². The average Bonchev–Trinajstić information content (AvgIpc) is 2.26. The summed E-state index contributed by atoms with van der Waals surface area (Å²) in [5, 5.41) is 3.57. The molecule has 0 aromatic heterocycles. The standard InChI is InChI=1S/C13H28N2OS/c1-11-9-14-12(2)5-7-15(10-11)13(3)6-8-17(4)16/h11-14H,5-10H2,1-4H3. The van der Waals surface area contributed by atoms with Crippen LogP contribution in [0.25, 0.3) is 0 Å². The van der Waals surface area contributed by atoms with Gasteiger partial charge in [-0.05, 0) is 45.7 Å². The molecular formula is C13H28N2OS. The van der Waals surface area contributed by atoms with Gasteiger partial charge in [0.15, 0.2) is 0 Å². The summed E-state index contributed by atoms with van der Waals surface area (Å²) in [5.74, 6) is 1.53. The maximum Gasteiger partial charge on any atom is 0.0246 e. The summed E-state index contributed by atoms with van der Waals surface area (Å²) in [6.45, 7) is 10.3. The molecule has 1 aliphatic rings. The molecule has 1 rings (SSSR count). The Bertz CT molecular complexity index is 248. The fourth-order valence-corrected chi connectivity index (χ4v) is 3.01. The second-order valence-electron chi connectivity index (χ2n) is 5.61. The molecule has 4 unspecified atom stereocenters. The van der Waals surface area contributed by atoms with Crippen LogP contribution in [0.15, 0.2) is 0 Å². The van der Waals surface area contributed by atoms with E-state index in [1.807, 2.05) is 0 Å². The van der Waals surface area contributed by atoms with Crippen LogP contribution in [-0.2, 0) is 10.8 Å². The average molecular weight is 260 g/mol. The van der Waals surface area contributed by atoms with Crippen molar-refractivity contribution in [2.45, 2.75) is 45.7 Å². The first-order chi connectivity index (χ1) is 7.99. The first kappa shape index (κ1) is 15.1. The highest BCUT2D eigenvalue weighted by atomic mass is 32.2. The van der Waals surface area contributed by atoms with Crippen molar-refractivity contribution in [1.29, 1.82) is 0 Å². The predicted molar refractivity (Wildman–Crippen MR) is 75.8 cm³/mol. The van der Waals surface area contributed by atoms with Gasteiger partial charge in [-0.2, -0.15) is 0 Å². The number of rotatable bonds is 4. The zero-order valence-corrected chi connectivity index (χ0v) is 12.6. The summed E-state index contributed by atoms with van der Waals surface area (Å²) in [5.41, 5.74) is 0. The molecule has 102 valence electrons. The summed E-state index contributed by atoms with van der Waals surface area (Å²) in [4.78, 5) is 2.58. The van der Waals surface area contributed by atoms with Crippen molar-refractivity contribution in [1.82, 2.24) is 10.2 Å². The summed E-state index contributed by atoms with van der Waals surface area (Å²) in [7, 11) is -0.653. The molecule has 0 radical (unpaired) electrons. The minimum atomic E-state index is -0.653. The summed E-state index contributed by atoms with van der Waals surface area (Å²) >= 11 is 0. The van der Waals surface area contributed by atoms with Gasteiger partial charge in [-0.1, -0.05) is 6.92 Å². The van der Waals surface area contributed by atoms with Crippen LogP contribution in [0.3, 0.4) is 0 Å². The Morgan fingerprint density at radius 1 is 1.47 bits per heavy atom. The van der Waals surface area contributed by atoms with Gasteiger partial charge in [0.05, 0.1) is 0 Å². The third kappa shape index (κ3) is 5.98. The highest BCUT2D eigenvalue weighted by molar-refractivity contribution is 7.84. The fourth-order valence-electron chi connectivity index (χ4n) is 2.34. The van der Waals surface area contributed by atoms with Crippen molar-refractivity contribution in [3.63, 3.8) is 0 Å². The Balaban J connectivity index is 2.45. The van der Waals surface area contributed by atoms with E-state index in [2.05, 4.69) is 31.0 Å². The molecule has 4 atom stereocenters. The lowest BCUT2D eigenvalue weighted by atomic mass is 10.0. The first-order valence-electron chi connectivity index (χ1n) is 6.76. The lowest BCUT2D eigenvalue weighted by Gasteiger charge is -2.35. The third-order valence-corrected chi connectivity index (χ3v) is 4.47. The highest BCUT2D eigenvalue weighted by Gasteiger charge is 2.20. The number of nitrogens with zero attached hydrogens (tertiary/aromatic N) is 1. The highest BCUT2D eigenvalue weighted by Crippen LogP contribution is 2.12. The van der Waals surface area contributed by atoms with Crippen molar-refractivity contribution in [2.75, 3.05) is 31.6 Å². The maximum absolute atomic E-state index is 11.2. The molecular weight excluding hydrogens is 232 g/mol. The number of nitrogens with one attached hydrogen (secondary N) is 1. The van der Waals surface area contributed by atoms with E-state index in [0.717, 1.165) is 31.8 Å². The second kappa shape index (κ2) is 7.49. The quantitative estimate of drug-likeness (QED) is 0.831. The van der Waals surface area contributed by atoms with Crippen molar-refractivity contribution in [2.24, 2.45) is 5.92 Å². The third-order valence-electron chi connectivity index (χ3n) is 3.66. The van der Waals surface area contributed by atoms with Crippen LogP contribution in [0, 0.1) is 5.92 Å². The van der Waals surface area contributed by atoms with E-state index < -0.39 is 10.8 Å². The maximum atomic E-state index is 11.2. The van der Waals surface area contributed by atoms with E-state index in [1.54, 1.807) is 6.26 Å². The SMILES string of the molecule is CC1CNC(C)CCN(C(C)CCS(C)=O)C1. The van der Waals surface area contributed by atoms with Gasteiger partial charge in [0.25, 0.3) is 0 Å². The topological polar surface area (TPSA) is 32.3 Å². The van der Waals surface area contributed by atoms with Gasteiger partial charge >= 0.3 is 0 Å². The van der Waals surface area contributed by atoms with Crippen molar-refractivity contribution < 1.29 is 4.21 Å². The Kier molecular flexibility index (Phi) is 6.67. The first-order valence-corrected chi connectivity index (χ1v) is 8.49. The Hall–Kier alpha value is 0.0700. The van der Waals surface area contributed by atoms with Gasteiger partial charge in [0, 0.05) is 41.4 Å². The molecule has 0 aliphatic carbocycles. The molecule has 1 fully saturated rings. The van der Waals surface area contributed by atoms with E-state index in [0.29, 0.717) is 18.0 Å². The molecule has 0 amide bonds. The van der Waals surface area contributed by atoms with E-state index in [4.69, 9.17) is 0 Å². The zero-order valence-electron chi connectivity index (χ0n) is 11.7.